The predicted molar refractivity (Wildman–Crippen MR) is 98.5 cm³/mol. The van der Waals surface area contributed by atoms with Crippen molar-refractivity contribution in [1.82, 2.24) is 15.1 Å². The number of aliphatic hydroxyl groups excluding tert-OH is 1. The number of rotatable bonds is 5. The van der Waals surface area contributed by atoms with E-state index in [1.807, 2.05) is 59.4 Å². The summed E-state index contributed by atoms with van der Waals surface area (Å²) in [4.78, 5) is 12.3. The summed E-state index contributed by atoms with van der Waals surface area (Å²) >= 11 is 0. The first-order valence-corrected chi connectivity index (χ1v) is 8.29. The van der Waals surface area contributed by atoms with Crippen molar-refractivity contribution in [2.24, 2.45) is 0 Å². The fourth-order valence-corrected chi connectivity index (χ4v) is 2.77. The van der Waals surface area contributed by atoms with E-state index in [2.05, 4.69) is 29.6 Å². The third-order valence-corrected chi connectivity index (χ3v) is 4.04. The van der Waals surface area contributed by atoms with Crippen LogP contribution < -0.4 is 10.6 Å². The summed E-state index contributed by atoms with van der Waals surface area (Å²) in [6, 6.07) is 14.5. The van der Waals surface area contributed by atoms with Gasteiger partial charge in [0, 0.05) is 17.1 Å². The van der Waals surface area contributed by atoms with E-state index < -0.39 is 6.04 Å². The fourth-order valence-electron chi connectivity index (χ4n) is 2.77. The van der Waals surface area contributed by atoms with Crippen molar-refractivity contribution >= 4 is 22.6 Å². The number of hydrogen-bond donors (Lipinski definition) is 3. The van der Waals surface area contributed by atoms with Gasteiger partial charge in [-0.15, -0.1) is 0 Å². The Bertz CT molecular complexity index is 858. The highest BCUT2D eigenvalue weighted by atomic mass is 16.3. The van der Waals surface area contributed by atoms with Gasteiger partial charge in [-0.25, -0.2) is 4.79 Å². The number of carbonyl (C=O) groups is 1. The molecule has 25 heavy (non-hydrogen) atoms. The van der Waals surface area contributed by atoms with E-state index in [0.29, 0.717) is 5.69 Å². The molecule has 3 rings (SSSR count). The average Bonchev–Trinajstić information content (AvgIpc) is 3.04. The zero-order valence-corrected chi connectivity index (χ0v) is 14.3. The van der Waals surface area contributed by atoms with Crippen LogP contribution in [0.25, 0.3) is 10.9 Å². The lowest BCUT2D eigenvalue weighted by molar-refractivity contribution is 0.225. The van der Waals surface area contributed by atoms with E-state index in [4.69, 9.17) is 0 Å². The van der Waals surface area contributed by atoms with Crippen molar-refractivity contribution in [3.8, 4) is 0 Å². The van der Waals surface area contributed by atoms with Crippen LogP contribution in [-0.2, 0) is 0 Å². The van der Waals surface area contributed by atoms with Crippen LogP contribution in [0.2, 0.25) is 0 Å². The van der Waals surface area contributed by atoms with Crippen molar-refractivity contribution in [3.63, 3.8) is 0 Å². The van der Waals surface area contributed by atoms with E-state index in [1.165, 1.54) is 0 Å². The molecule has 0 aliphatic carbocycles. The Morgan fingerprint density at radius 1 is 1.20 bits per heavy atom. The molecule has 0 spiro atoms. The number of amides is 2. The predicted octanol–water partition coefficient (Wildman–Crippen LogP) is 3.47. The molecule has 1 atom stereocenters. The van der Waals surface area contributed by atoms with Gasteiger partial charge in [0.1, 0.15) is 0 Å². The van der Waals surface area contributed by atoms with E-state index in [-0.39, 0.29) is 18.7 Å². The number of nitrogens with zero attached hydrogens (tertiary/aromatic N) is 2. The first-order valence-electron chi connectivity index (χ1n) is 8.29. The van der Waals surface area contributed by atoms with Crippen LogP contribution in [-0.4, -0.2) is 27.5 Å². The lowest BCUT2D eigenvalue weighted by Crippen LogP contribution is -2.34. The van der Waals surface area contributed by atoms with Crippen molar-refractivity contribution in [2.75, 3.05) is 11.9 Å². The maximum absolute atomic E-state index is 12.3. The smallest absolute Gasteiger partial charge is 0.319 e. The number of aliphatic hydroxyl groups is 1. The lowest BCUT2D eigenvalue weighted by atomic mass is 10.1. The van der Waals surface area contributed by atoms with Gasteiger partial charge in [0.15, 0.2) is 0 Å². The molecule has 1 heterocycles. The Hall–Kier alpha value is -2.86. The first kappa shape index (κ1) is 17.0. The summed E-state index contributed by atoms with van der Waals surface area (Å²) in [7, 11) is 0. The van der Waals surface area contributed by atoms with Crippen LogP contribution in [0, 0.1) is 0 Å². The van der Waals surface area contributed by atoms with Crippen LogP contribution in [0.4, 0.5) is 10.5 Å². The zero-order valence-electron chi connectivity index (χ0n) is 14.3. The molecule has 0 aliphatic rings. The lowest BCUT2D eigenvalue weighted by Gasteiger charge is -2.17. The van der Waals surface area contributed by atoms with Gasteiger partial charge in [0.2, 0.25) is 0 Å². The second kappa shape index (κ2) is 7.36. The standard InChI is InChI=1S/C19H22N4O2/c1-13(2)23-18-10-16(9-8-15(18)11-20-23)21-19(25)22-17(12-24)14-6-4-3-5-7-14/h3-11,13,17,24H,12H2,1-2H3,(H2,21,22,25)/t17-/m1/s1. The molecular formula is C19H22N4O2. The van der Waals surface area contributed by atoms with Gasteiger partial charge < -0.3 is 15.7 Å². The van der Waals surface area contributed by atoms with Crippen LogP contribution >= 0.6 is 0 Å². The molecule has 0 bridgehead atoms. The molecule has 0 saturated carbocycles. The maximum Gasteiger partial charge on any atom is 0.319 e. The number of carbonyl (C=O) groups excluding carboxylic acids is 1. The summed E-state index contributed by atoms with van der Waals surface area (Å²) in [5.74, 6) is 0. The minimum atomic E-state index is -0.453. The second-order valence-electron chi connectivity index (χ2n) is 6.20. The molecule has 0 radical (unpaired) electrons. The fraction of sp³-hybridized carbons (Fsp3) is 0.263. The minimum absolute atomic E-state index is 0.170. The average molecular weight is 338 g/mol. The molecule has 0 fully saturated rings. The molecule has 1 aromatic heterocycles. The Balaban J connectivity index is 1.74. The van der Waals surface area contributed by atoms with Crippen LogP contribution in [0.15, 0.2) is 54.7 Å². The van der Waals surface area contributed by atoms with E-state index >= 15 is 0 Å². The van der Waals surface area contributed by atoms with Gasteiger partial charge in [0.05, 0.1) is 24.4 Å². The van der Waals surface area contributed by atoms with E-state index in [9.17, 15) is 9.90 Å². The molecule has 6 heteroatoms. The molecule has 2 amide bonds. The molecule has 0 aliphatic heterocycles. The number of benzene rings is 2. The molecular weight excluding hydrogens is 316 g/mol. The van der Waals surface area contributed by atoms with Gasteiger partial charge >= 0.3 is 6.03 Å². The number of aromatic nitrogens is 2. The molecule has 0 saturated heterocycles. The monoisotopic (exact) mass is 338 g/mol. The SMILES string of the molecule is CC(C)n1ncc2ccc(NC(=O)N[C@H](CO)c3ccccc3)cc21. The number of hydrogen-bond acceptors (Lipinski definition) is 3. The van der Waals surface area contributed by atoms with Crippen LogP contribution in [0.3, 0.4) is 0 Å². The zero-order chi connectivity index (χ0) is 17.8. The number of nitrogens with one attached hydrogen (secondary N) is 2. The van der Waals surface area contributed by atoms with Crippen molar-refractivity contribution < 1.29 is 9.90 Å². The highest BCUT2D eigenvalue weighted by Crippen LogP contribution is 2.22. The highest BCUT2D eigenvalue weighted by Gasteiger charge is 2.14. The van der Waals surface area contributed by atoms with Gasteiger partial charge in [-0.1, -0.05) is 30.3 Å². The molecule has 3 N–H and O–H groups in total. The van der Waals surface area contributed by atoms with Crippen LogP contribution in [0.1, 0.15) is 31.5 Å². The molecule has 2 aromatic carbocycles. The Morgan fingerprint density at radius 2 is 1.96 bits per heavy atom. The molecule has 3 aromatic rings. The van der Waals surface area contributed by atoms with Crippen molar-refractivity contribution in [3.05, 3.63) is 60.3 Å². The minimum Gasteiger partial charge on any atom is -0.394 e. The molecule has 0 unspecified atom stereocenters. The topological polar surface area (TPSA) is 79.2 Å². The number of fused-ring (bicyclic) bond motifs is 1. The summed E-state index contributed by atoms with van der Waals surface area (Å²) in [5, 5.41) is 20.6. The third-order valence-electron chi connectivity index (χ3n) is 4.04. The number of urea groups is 1. The maximum atomic E-state index is 12.3. The van der Waals surface area contributed by atoms with Crippen molar-refractivity contribution in [1.29, 1.82) is 0 Å². The first-order chi connectivity index (χ1) is 12.1. The third kappa shape index (κ3) is 3.80. The molecule has 130 valence electrons. The quantitative estimate of drug-likeness (QED) is 0.666. The summed E-state index contributed by atoms with van der Waals surface area (Å²) in [6.07, 6.45) is 1.82. The number of anilines is 1. The Labute approximate surface area is 146 Å². The largest absolute Gasteiger partial charge is 0.394 e. The van der Waals surface area contributed by atoms with E-state index in [1.54, 1.807) is 0 Å². The van der Waals surface area contributed by atoms with E-state index in [0.717, 1.165) is 16.5 Å². The second-order valence-corrected chi connectivity index (χ2v) is 6.20. The van der Waals surface area contributed by atoms with Crippen LogP contribution in [0.5, 0.6) is 0 Å². The summed E-state index contributed by atoms with van der Waals surface area (Å²) in [6.45, 7) is 3.95. The molecule has 6 nitrogen and oxygen atoms in total. The highest BCUT2D eigenvalue weighted by molar-refractivity contribution is 5.92. The summed E-state index contributed by atoms with van der Waals surface area (Å²) < 4.78 is 1.92. The van der Waals surface area contributed by atoms with Gasteiger partial charge in [0.25, 0.3) is 0 Å². The Morgan fingerprint density at radius 3 is 2.64 bits per heavy atom. The van der Waals surface area contributed by atoms with Crippen molar-refractivity contribution in [2.45, 2.75) is 25.9 Å². The summed E-state index contributed by atoms with van der Waals surface area (Å²) in [5.41, 5.74) is 2.50. The Kier molecular flexibility index (Phi) is 5.00. The van der Waals surface area contributed by atoms with Gasteiger partial charge in [-0.2, -0.15) is 5.10 Å². The van der Waals surface area contributed by atoms with Gasteiger partial charge in [-0.05, 0) is 37.6 Å². The normalized spacial score (nSPS) is 12.3. The van der Waals surface area contributed by atoms with Gasteiger partial charge in [-0.3, -0.25) is 4.68 Å².